The molecule has 0 spiro atoms. The van der Waals surface area contributed by atoms with Crippen LogP contribution in [0.4, 0.5) is 0 Å². The van der Waals surface area contributed by atoms with E-state index in [0.29, 0.717) is 24.4 Å². The van der Waals surface area contributed by atoms with Crippen molar-refractivity contribution in [2.75, 3.05) is 6.54 Å². The fraction of sp³-hybridized carbons (Fsp3) is 0.375. The van der Waals surface area contributed by atoms with E-state index in [-0.39, 0.29) is 24.2 Å². The van der Waals surface area contributed by atoms with E-state index < -0.39 is 6.10 Å². The minimum atomic E-state index is -0.546. The highest BCUT2D eigenvalue weighted by Crippen LogP contribution is 2.13. The van der Waals surface area contributed by atoms with Gasteiger partial charge in [-0.05, 0) is 19.4 Å². The van der Waals surface area contributed by atoms with Crippen LogP contribution >= 0.6 is 0 Å². The van der Waals surface area contributed by atoms with E-state index in [1.54, 1.807) is 13.0 Å². The number of aryl methyl sites for hydroxylation is 1. The number of carbonyl (C=O) groups is 1. The van der Waals surface area contributed by atoms with E-state index in [1.165, 1.54) is 0 Å². The van der Waals surface area contributed by atoms with Gasteiger partial charge in [0.2, 0.25) is 0 Å². The Bertz CT molecular complexity index is 586. The zero-order valence-corrected chi connectivity index (χ0v) is 13.5. The van der Waals surface area contributed by atoms with Crippen molar-refractivity contribution in [2.45, 2.75) is 32.4 Å². The molecule has 0 bridgehead atoms. The van der Waals surface area contributed by atoms with Crippen LogP contribution in [0.25, 0.3) is 0 Å². The predicted octanol–water partition coefficient (Wildman–Crippen LogP) is -1.75. The molecule has 0 aliphatic carbocycles. The molecule has 22 heavy (non-hydrogen) atoms. The molecule has 1 aromatic heterocycles. The smallest absolute Gasteiger partial charge is 0.190 e. The molecule has 0 aliphatic heterocycles. The second kappa shape index (κ2) is 8.68. The number of hydrogen-bond donors (Lipinski definition) is 2. The van der Waals surface area contributed by atoms with Crippen molar-refractivity contribution in [2.24, 2.45) is 0 Å². The molecule has 5 nitrogen and oxygen atoms in total. The summed E-state index contributed by atoms with van der Waals surface area (Å²) < 4.78 is 4.89. The van der Waals surface area contributed by atoms with E-state index >= 15 is 0 Å². The minimum Gasteiger partial charge on any atom is -1.00 e. The van der Waals surface area contributed by atoms with Crippen LogP contribution in [0.3, 0.4) is 0 Å². The lowest BCUT2D eigenvalue weighted by Crippen LogP contribution is -3.00. The normalized spacial score (nSPS) is 13.2. The van der Waals surface area contributed by atoms with Gasteiger partial charge in [0.25, 0.3) is 0 Å². The van der Waals surface area contributed by atoms with E-state index in [2.05, 4.69) is 5.16 Å². The first-order valence-electron chi connectivity index (χ1n) is 7.11. The minimum absolute atomic E-state index is 0. The third kappa shape index (κ3) is 4.94. The topological polar surface area (TPSA) is 79.9 Å². The van der Waals surface area contributed by atoms with Crippen LogP contribution in [-0.4, -0.2) is 28.6 Å². The van der Waals surface area contributed by atoms with Crippen molar-refractivity contribution in [3.8, 4) is 0 Å². The number of aromatic nitrogens is 1. The van der Waals surface area contributed by atoms with Gasteiger partial charge in [0.1, 0.15) is 23.6 Å². The first-order chi connectivity index (χ1) is 10.1. The number of benzene rings is 1. The zero-order valence-electron chi connectivity index (χ0n) is 12.7. The highest BCUT2D eigenvalue weighted by Gasteiger charge is 2.19. The van der Waals surface area contributed by atoms with Crippen LogP contribution < -0.4 is 17.7 Å². The van der Waals surface area contributed by atoms with Crippen molar-refractivity contribution in [1.29, 1.82) is 0 Å². The standard InChI is InChI=1S/C16H20N2O3.ClH/c1-11-10-14(18-21-11)15(19)8-9-17-12(2)16(20)13-6-4-3-5-7-13;/h3-7,10,12,16-17,20H,8-9H2,1-2H3;1H. The quantitative estimate of drug-likeness (QED) is 0.592. The molecule has 2 rings (SSSR count). The second-order valence-corrected chi connectivity index (χ2v) is 5.23. The van der Waals surface area contributed by atoms with Gasteiger partial charge in [-0.2, -0.15) is 0 Å². The van der Waals surface area contributed by atoms with Gasteiger partial charge in [-0.25, -0.2) is 0 Å². The lowest BCUT2D eigenvalue weighted by molar-refractivity contribution is -0.693. The molecule has 0 saturated carbocycles. The van der Waals surface area contributed by atoms with Crippen LogP contribution in [0.5, 0.6) is 0 Å². The van der Waals surface area contributed by atoms with Gasteiger partial charge in [-0.1, -0.05) is 35.5 Å². The molecular formula is C16H21ClN2O3. The maximum Gasteiger partial charge on any atom is 0.190 e. The highest BCUT2D eigenvalue weighted by atomic mass is 35.5. The molecule has 0 saturated heterocycles. The van der Waals surface area contributed by atoms with Gasteiger partial charge < -0.3 is 27.4 Å². The molecular weight excluding hydrogens is 304 g/mol. The average molecular weight is 325 g/mol. The Kier molecular flexibility index (Phi) is 7.24. The summed E-state index contributed by atoms with van der Waals surface area (Å²) in [5.41, 5.74) is 1.26. The Morgan fingerprint density at radius 1 is 1.36 bits per heavy atom. The fourth-order valence-electron chi connectivity index (χ4n) is 2.19. The summed E-state index contributed by atoms with van der Waals surface area (Å²) in [6.45, 7) is 4.31. The molecule has 0 amide bonds. The molecule has 1 aromatic carbocycles. The molecule has 0 fully saturated rings. The Hall–Kier alpha value is -1.69. The predicted molar refractivity (Wildman–Crippen MR) is 77.8 cm³/mol. The third-order valence-electron chi connectivity index (χ3n) is 3.46. The summed E-state index contributed by atoms with van der Waals surface area (Å²) in [6, 6.07) is 11.2. The van der Waals surface area contributed by atoms with Gasteiger partial charge in [-0.15, -0.1) is 0 Å². The van der Waals surface area contributed by atoms with Gasteiger partial charge >= 0.3 is 0 Å². The fourth-order valence-corrected chi connectivity index (χ4v) is 2.19. The van der Waals surface area contributed by atoms with Crippen molar-refractivity contribution in [3.05, 3.63) is 53.4 Å². The maximum atomic E-state index is 11.9. The van der Waals surface area contributed by atoms with Crippen LogP contribution in [0.2, 0.25) is 0 Å². The van der Waals surface area contributed by atoms with Crippen molar-refractivity contribution in [3.63, 3.8) is 0 Å². The van der Waals surface area contributed by atoms with Crippen LogP contribution in [0.1, 0.15) is 41.3 Å². The number of nitrogens with zero attached hydrogens (tertiary/aromatic N) is 1. The first-order valence-corrected chi connectivity index (χ1v) is 7.11. The number of quaternary nitrogens is 1. The number of Topliss-reactive ketones (excluding diaryl/α,β-unsaturated/α-hetero) is 1. The molecule has 3 N–H and O–H groups in total. The summed E-state index contributed by atoms with van der Waals surface area (Å²) in [7, 11) is 0. The van der Waals surface area contributed by atoms with Crippen LogP contribution in [0, 0.1) is 6.92 Å². The van der Waals surface area contributed by atoms with E-state index in [4.69, 9.17) is 4.52 Å². The monoisotopic (exact) mass is 324 g/mol. The summed E-state index contributed by atoms with van der Waals surface area (Å²) >= 11 is 0. The van der Waals surface area contributed by atoms with Crippen LogP contribution in [-0.2, 0) is 0 Å². The Morgan fingerprint density at radius 2 is 2.05 bits per heavy atom. The number of hydrogen-bond acceptors (Lipinski definition) is 4. The summed E-state index contributed by atoms with van der Waals surface area (Å²) in [6.07, 6.45) is -0.173. The lowest BCUT2D eigenvalue weighted by atomic mass is 10.0. The average Bonchev–Trinajstić information content (AvgIpc) is 2.94. The van der Waals surface area contributed by atoms with Gasteiger partial charge in [-0.3, -0.25) is 4.79 Å². The number of carbonyl (C=O) groups excluding carboxylic acids is 1. The van der Waals surface area contributed by atoms with Crippen molar-refractivity contribution in [1.82, 2.24) is 5.16 Å². The van der Waals surface area contributed by atoms with Crippen molar-refractivity contribution < 1.29 is 32.1 Å². The maximum absolute atomic E-state index is 11.9. The Morgan fingerprint density at radius 3 is 2.64 bits per heavy atom. The lowest BCUT2D eigenvalue weighted by Gasteiger charge is -2.17. The van der Waals surface area contributed by atoms with Crippen LogP contribution in [0.15, 0.2) is 40.9 Å². The summed E-state index contributed by atoms with van der Waals surface area (Å²) in [4.78, 5) is 11.9. The molecule has 120 valence electrons. The number of aliphatic hydroxyl groups is 1. The summed E-state index contributed by atoms with van der Waals surface area (Å²) in [5, 5.41) is 15.9. The molecule has 2 atom stereocenters. The van der Waals surface area contributed by atoms with E-state index in [1.807, 2.05) is 42.6 Å². The molecule has 2 unspecified atom stereocenters. The number of aliphatic hydroxyl groups excluding tert-OH is 1. The van der Waals surface area contributed by atoms with Gasteiger partial charge in [0.05, 0.1) is 13.0 Å². The second-order valence-electron chi connectivity index (χ2n) is 5.23. The first kappa shape index (κ1) is 18.4. The van der Waals surface area contributed by atoms with Gasteiger partial charge in [0.15, 0.2) is 5.78 Å². The number of rotatable bonds is 7. The van der Waals surface area contributed by atoms with E-state index in [9.17, 15) is 9.90 Å². The summed E-state index contributed by atoms with van der Waals surface area (Å²) in [5.74, 6) is 0.597. The van der Waals surface area contributed by atoms with Gasteiger partial charge in [0, 0.05) is 6.07 Å². The molecule has 0 radical (unpaired) electrons. The Labute approximate surface area is 136 Å². The number of halogens is 1. The SMILES string of the molecule is Cc1cc(C(=O)CC[NH2+]C(C)C(O)c2ccccc2)no1.[Cl-]. The molecule has 6 heteroatoms. The molecule has 0 aliphatic rings. The van der Waals surface area contributed by atoms with Crippen molar-refractivity contribution >= 4 is 5.78 Å². The third-order valence-corrected chi connectivity index (χ3v) is 3.46. The largest absolute Gasteiger partial charge is 1.00 e. The van der Waals surface area contributed by atoms with E-state index in [0.717, 1.165) is 5.56 Å². The molecule has 1 heterocycles. The molecule has 2 aromatic rings. The number of nitrogens with two attached hydrogens (primary N) is 1. The Balaban J connectivity index is 0.00000242. The number of ketones is 1. The zero-order chi connectivity index (χ0) is 15.2. The highest BCUT2D eigenvalue weighted by molar-refractivity contribution is 5.94.